The normalized spacial score (nSPS) is 12.4. The first-order valence-electron chi connectivity index (χ1n) is 9.12. The van der Waals surface area contributed by atoms with Crippen molar-refractivity contribution in [3.05, 3.63) is 65.2 Å². The molecule has 0 spiro atoms. The third-order valence-electron chi connectivity index (χ3n) is 4.20. The molecule has 0 aliphatic heterocycles. The lowest BCUT2D eigenvalue weighted by Gasteiger charge is -2.18. The van der Waals surface area contributed by atoms with Crippen LogP contribution in [-0.4, -0.2) is 24.6 Å². The van der Waals surface area contributed by atoms with E-state index in [1.54, 1.807) is 31.2 Å². The van der Waals surface area contributed by atoms with E-state index in [0.717, 1.165) is 17.5 Å². The molecule has 146 valence electrons. The van der Waals surface area contributed by atoms with Gasteiger partial charge in [-0.3, -0.25) is 4.79 Å². The molecule has 0 radical (unpaired) electrons. The van der Waals surface area contributed by atoms with Crippen LogP contribution in [0, 0.1) is 18.3 Å². The van der Waals surface area contributed by atoms with Gasteiger partial charge in [-0.1, -0.05) is 36.8 Å². The Kier molecular flexibility index (Phi) is 7.58. The largest absolute Gasteiger partial charge is 0.479 e. The van der Waals surface area contributed by atoms with Crippen LogP contribution in [0.3, 0.4) is 0 Å². The summed E-state index contributed by atoms with van der Waals surface area (Å²) < 4.78 is 10.5. The van der Waals surface area contributed by atoms with Crippen molar-refractivity contribution in [1.29, 1.82) is 5.26 Å². The van der Waals surface area contributed by atoms with Crippen molar-refractivity contribution in [2.75, 3.05) is 6.61 Å². The maximum atomic E-state index is 12.1. The summed E-state index contributed by atoms with van der Waals surface area (Å²) in [5.41, 5.74) is 2.65. The Hall–Kier alpha value is -3.33. The summed E-state index contributed by atoms with van der Waals surface area (Å²) in [5.74, 6) is -0.562. The van der Waals surface area contributed by atoms with Crippen LogP contribution in [0.1, 0.15) is 43.0 Å². The molecule has 0 aliphatic carbocycles. The van der Waals surface area contributed by atoms with Gasteiger partial charge in [0.2, 0.25) is 0 Å². The number of amides is 1. The van der Waals surface area contributed by atoms with Gasteiger partial charge in [-0.15, -0.1) is 0 Å². The molecule has 0 unspecified atom stereocenters. The lowest BCUT2D eigenvalue weighted by atomic mass is 10.0. The lowest BCUT2D eigenvalue weighted by Crippen LogP contribution is -2.34. The molecule has 0 bridgehead atoms. The summed E-state index contributed by atoms with van der Waals surface area (Å²) in [5, 5.41) is 11.7. The summed E-state index contributed by atoms with van der Waals surface area (Å²) in [6, 6.07) is 16.2. The minimum atomic E-state index is -0.875. The second-order valence-electron chi connectivity index (χ2n) is 6.44. The minimum Gasteiger partial charge on any atom is -0.479 e. The van der Waals surface area contributed by atoms with Gasteiger partial charge in [0.05, 0.1) is 17.7 Å². The average molecular weight is 380 g/mol. The van der Waals surface area contributed by atoms with Crippen LogP contribution in [0.25, 0.3) is 0 Å². The highest BCUT2D eigenvalue weighted by Crippen LogP contribution is 2.17. The standard InChI is InChI=1S/C22H24N2O4/c1-4-20(18-9-5-15(2)6-10-18)24-21(25)14-27-22(26)16(3)28-19-11-7-17(13-23)8-12-19/h5-12,16,20H,4,14H2,1-3H3,(H,24,25)/t16-,20-/m0/s1. The molecular weight excluding hydrogens is 356 g/mol. The van der Waals surface area contributed by atoms with Gasteiger partial charge >= 0.3 is 5.97 Å². The summed E-state index contributed by atoms with van der Waals surface area (Å²) in [6.07, 6.45) is -0.152. The Balaban J connectivity index is 1.82. The molecule has 1 N–H and O–H groups in total. The fourth-order valence-corrected chi connectivity index (χ4v) is 2.57. The van der Waals surface area contributed by atoms with Gasteiger partial charge < -0.3 is 14.8 Å². The Labute approximate surface area is 165 Å². The van der Waals surface area contributed by atoms with E-state index in [2.05, 4.69) is 5.32 Å². The minimum absolute atomic E-state index is 0.140. The van der Waals surface area contributed by atoms with Crippen molar-refractivity contribution in [2.45, 2.75) is 39.3 Å². The molecule has 2 aromatic carbocycles. The van der Waals surface area contributed by atoms with Gasteiger partial charge in [-0.25, -0.2) is 4.79 Å². The van der Waals surface area contributed by atoms with E-state index < -0.39 is 12.1 Å². The predicted octanol–water partition coefficient (Wildman–Crippen LogP) is 3.44. The molecule has 0 saturated heterocycles. The van der Waals surface area contributed by atoms with E-state index in [-0.39, 0.29) is 18.6 Å². The third-order valence-corrected chi connectivity index (χ3v) is 4.20. The number of nitrogens with one attached hydrogen (secondary N) is 1. The van der Waals surface area contributed by atoms with Crippen LogP contribution in [0.4, 0.5) is 0 Å². The second-order valence-corrected chi connectivity index (χ2v) is 6.44. The van der Waals surface area contributed by atoms with Gasteiger partial charge in [-0.05, 0) is 50.1 Å². The molecule has 6 nitrogen and oxygen atoms in total. The number of aryl methyl sites for hydroxylation is 1. The van der Waals surface area contributed by atoms with Crippen LogP contribution in [0.15, 0.2) is 48.5 Å². The van der Waals surface area contributed by atoms with E-state index in [1.165, 1.54) is 0 Å². The molecule has 28 heavy (non-hydrogen) atoms. The van der Waals surface area contributed by atoms with Gasteiger partial charge in [-0.2, -0.15) is 5.26 Å². The van der Waals surface area contributed by atoms with E-state index in [9.17, 15) is 9.59 Å². The Bertz CT molecular complexity index is 838. The molecule has 6 heteroatoms. The smallest absolute Gasteiger partial charge is 0.347 e. The van der Waals surface area contributed by atoms with Gasteiger partial charge in [0.1, 0.15) is 5.75 Å². The van der Waals surface area contributed by atoms with E-state index in [4.69, 9.17) is 14.7 Å². The molecule has 0 heterocycles. The maximum absolute atomic E-state index is 12.1. The van der Waals surface area contributed by atoms with Crippen LogP contribution < -0.4 is 10.1 Å². The first-order chi connectivity index (χ1) is 13.4. The van der Waals surface area contributed by atoms with Gasteiger partial charge in [0.15, 0.2) is 12.7 Å². The molecule has 2 aromatic rings. The zero-order chi connectivity index (χ0) is 20.5. The average Bonchev–Trinajstić information content (AvgIpc) is 2.71. The predicted molar refractivity (Wildman–Crippen MR) is 105 cm³/mol. The van der Waals surface area contributed by atoms with Crippen molar-refractivity contribution in [1.82, 2.24) is 5.32 Å². The van der Waals surface area contributed by atoms with E-state index in [1.807, 2.05) is 44.2 Å². The first kappa shape index (κ1) is 21.0. The van der Waals surface area contributed by atoms with Crippen molar-refractivity contribution in [3.63, 3.8) is 0 Å². The summed E-state index contributed by atoms with van der Waals surface area (Å²) in [4.78, 5) is 24.2. The quantitative estimate of drug-likeness (QED) is 0.709. The molecule has 0 aromatic heterocycles. The number of benzene rings is 2. The molecular formula is C22H24N2O4. The van der Waals surface area contributed by atoms with Crippen molar-refractivity contribution >= 4 is 11.9 Å². The van der Waals surface area contributed by atoms with Crippen LogP contribution >= 0.6 is 0 Å². The van der Waals surface area contributed by atoms with E-state index >= 15 is 0 Å². The Morgan fingerprint density at radius 1 is 1.11 bits per heavy atom. The van der Waals surface area contributed by atoms with Crippen LogP contribution in [-0.2, 0) is 14.3 Å². The van der Waals surface area contributed by atoms with Crippen molar-refractivity contribution < 1.29 is 19.1 Å². The van der Waals surface area contributed by atoms with Gasteiger partial charge in [0.25, 0.3) is 5.91 Å². The molecule has 0 fully saturated rings. The molecule has 0 aliphatic rings. The summed E-state index contributed by atoms with van der Waals surface area (Å²) in [6.45, 7) is 5.15. The number of carbonyl (C=O) groups is 2. The first-order valence-corrected chi connectivity index (χ1v) is 9.12. The van der Waals surface area contributed by atoms with Crippen molar-refractivity contribution in [3.8, 4) is 11.8 Å². The number of esters is 1. The van der Waals surface area contributed by atoms with Crippen LogP contribution in [0.2, 0.25) is 0 Å². The van der Waals surface area contributed by atoms with Crippen molar-refractivity contribution in [2.24, 2.45) is 0 Å². The van der Waals surface area contributed by atoms with E-state index in [0.29, 0.717) is 11.3 Å². The maximum Gasteiger partial charge on any atom is 0.347 e. The summed E-state index contributed by atoms with van der Waals surface area (Å²) in [7, 11) is 0. The number of nitrogens with zero attached hydrogens (tertiary/aromatic N) is 1. The topological polar surface area (TPSA) is 88.4 Å². The number of ether oxygens (including phenoxy) is 2. The number of hydrogen-bond acceptors (Lipinski definition) is 5. The Morgan fingerprint density at radius 3 is 2.32 bits per heavy atom. The second kappa shape index (κ2) is 10.1. The van der Waals surface area contributed by atoms with Crippen LogP contribution in [0.5, 0.6) is 5.75 Å². The SMILES string of the molecule is CC[C@H](NC(=O)COC(=O)[C@H](C)Oc1ccc(C#N)cc1)c1ccc(C)cc1. The van der Waals surface area contributed by atoms with Gasteiger partial charge in [0, 0.05) is 0 Å². The fourth-order valence-electron chi connectivity index (χ4n) is 2.57. The highest BCUT2D eigenvalue weighted by Gasteiger charge is 2.19. The number of rotatable bonds is 8. The molecule has 2 rings (SSSR count). The highest BCUT2D eigenvalue weighted by molar-refractivity contribution is 5.82. The lowest BCUT2D eigenvalue weighted by molar-refractivity contribution is -0.154. The third kappa shape index (κ3) is 6.13. The zero-order valence-corrected chi connectivity index (χ0v) is 16.3. The molecule has 0 saturated carbocycles. The monoisotopic (exact) mass is 380 g/mol. The number of nitriles is 1. The molecule has 1 amide bonds. The fraction of sp³-hybridized carbons (Fsp3) is 0.318. The number of hydrogen-bond donors (Lipinski definition) is 1. The Morgan fingerprint density at radius 2 is 1.75 bits per heavy atom. The highest BCUT2D eigenvalue weighted by atomic mass is 16.6. The zero-order valence-electron chi connectivity index (χ0n) is 16.3. The molecule has 2 atom stereocenters. The number of carbonyl (C=O) groups excluding carboxylic acids is 2. The summed E-state index contributed by atoms with van der Waals surface area (Å²) >= 11 is 0.